The van der Waals surface area contributed by atoms with Crippen molar-refractivity contribution in [1.29, 1.82) is 0 Å². The summed E-state index contributed by atoms with van der Waals surface area (Å²) in [6, 6.07) is 6.47. The molecule has 0 aromatic heterocycles. The highest BCUT2D eigenvalue weighted by Gasteiger charge is 2.28. The van der Waals surface area contributed by atoms with Gasteiger partial charge in [-0.2, -0.15) is 0 Å². The van der Waals surface area contributed by atoms with Gasteiger partial charge in [0.05, 0.1) is 11.1 Å². The van der Waals surface area contributed by atoms with Gasteiger partial charge in [-0.15, -0.1) is 0 Å². The Hall–Kier alpha value is -2.54. The van der Waals surface area contributed by atoms with Crippen LogP contribution in [-0.2, 0) is 0 Å². The highest BCUT2D eigenvalue weighted by atomic mass is 35.5. The van der Waals surface area contributed by atoms with Crippen molar-refractivity contribution in [3.63, 3.8) is 0 Å². The lowest BCUT2D eigenvalue weighted by Gasteiger charge is -2.35. The van der Waals surface area contributed by atoms with E-state index in [1.807, 2.05) is 0 Å². The molecule has 0 spiro atoms. The van der Waals surface area contributed by atoms with E-state index in [4.69, 9.17) is 11.6 Å². The van der Waals surface area contributed by atoms with Gasteiger partial charge in [0.2, 0.25) is 0 Å². The van der Waals surface area contributed by atoms with Crippen LogP contribution in [0.5, 0.6) is 0 Å². The molecule has 1 fully saturated rings. The molecule has 3 rings (SSSR count). The number of carbonyl (C=O) groups is 2. The van der Waals surface area contributed by atoms with Crippen LogP contribution in [0.15, 0.2) is 36.4 Å². The van der Waals surface area contributed by atoms with Gasteiger partial charge in [0.1, 0.15) is 17.5 Å². The van der Waals surface area contributed by atoms with Gasteiger partial charge in [0.25, 0.3) is 11.8 Å². The molecule has 26 heavy (non-hydrogen) atoms. The van der Waals surface area contributed by atoms with Crippen molar-refractivity contribution in [3.05, 3.63) is 70.0 Å². The molecular formula is C18H14ClF3N2O2. The summed E-state index contributed by atoms with van der Waals surface area (Å²) >= 11 is 5.81. The molecule has 0 saturated carbocycles. The van der Waals surface area contributed by atoms with Gasteiger partial charge < -0.3 is 9.80 Å². The second kappa shape index (κ2) is 7.37. The first-order valence-electron chi connectivity index (χ1n) is 7.85. The van der Waals surface area contributed by atoms with E-state index >= 15 is 0 Å². The summed E-state index contributed by atoms with van der Waals surface area (Å²) in [6.07, 6.45) is 0. The maximum Gasteiger partial charge on any atom is 0.257 e. The second-order valence-corrected chi connectivity index (χ2v) is 6.27. The lowest BCUT2D eigenvalue weighted by Crippen LogP contribution is -2.50. The number of hydrogen-bond donors (Lipinski definition) is 0. The number of nitrogens with zero attached hydrogens (tertiary/aromatic N) is 2. The van der Waals surface area contributed by atoms with Crippen LogP contribution in [0.3, 0.4) is 0 Å². The van der Waals surface area contributed by atoms with Crippen LogP contribution in [-0.4, -0.2) is 47.8 Å². The van der Waals surface area contributed by atoms with Crippen molar-refractivity contribution in [1.82, 2.24) is 9.80 Å². The fraction of sp³-hybridized carbons (Fsp3) is 0.222. The molecule has 2 amide bonds. The van der Waals surface area contributed by atoms with Crippen LogP contribution in [0.25, 0.3) is 0 Å². The standard InChI is InChI=1S/C18H14ClF3N2O2/c19-11-1-4-15(21)14(9-11)18(26)24-7-5-23(6-8-24)17(25)13-3-2-12(20)10-16(13)22/h1-4,9-10H,5-8H2. The van der Waals surface area contributed by atoms with Crippen LogP contribution in [0.2, 0.25) is 5.02 Å². The van der Waals surface area contributed by atoms with Gasteiger partial charge in [-0.1, -0.05) is 11.6 Å². The van der Waals surface area contributed by atoms with Gasteiger partial charge >= 0.3 is 0 Å². The van der Waals surface area contributed by atoms with E-state index in [9.17, 15) is 22.8 Å². The third-order valence-corrected chi connectivity index (χ3v) is 4.41. The Bertz CT molecular complexity index is 868. The summed E-state index contributed by atoms with van der Waals surface area (Å²) in [7, 11) is 0. The van der Waals surface area contributed by atoms with Crippen molar-refractivity contribution in [2.45, 2.75) is 0 Å². The Labute approximate surface area is 152 Å². The largest absolute Gasteiger partial charge is 0.335 e. The molecule has 1 aliphatic heterocycles. The van der Waals surface area contributed by atoms with E-state index in [0.717, 1.165) is 18.2 Å². The molecule has 2 aromatic carbocycles. The molecule has 8 heteroatoms. The zero-order valence-electron chi connectivity index (χ0n) is 13.5. The zero-order chi connectivity index (χ0) is 18.8. The average molecular weight is 383 g/mol. The summed E-state index contributed by atoms with van der Waals surface area (Å²) in [5.41, 5.74) is -0.367. The SMILES string of the molecule is O=C(c1ccc(F)cc1F)N1CCN(C(=O)c2cc(Cl)ccc2F)CC1. The minimum Gasteiger partial charge on any atom is -0.335 e. The first-order chi connectivity index (χ1) is 12.4. The maximum absolute atomic E-state index is 13.8. The molecule has 1 saturated heterocycles. The summed E-state index contributed by atoms with van der Waals surface area (Å²) < 4.78 is 40.6. The van der Waals surface area contributed by atoms with Crippen molar-refractivity contribution >= 4 is 23.4 Å². The van der Waals surface area contributed by atoms with Crippen molar-refractivity contribution < 1.29 is 22.8 Å². The Morgan fingerprint density at radius 2 is 1.35 bits per heavy atom. The van der Waals surface area contributed by atoms with Crippen LogP contribution in [0.4, 0.5) is 13.2 Å². The lowest BCUT2D eigenvalue weighted by atomic mass is 10.1. The third kappa shape index (κ3) is 3.67. The summed E-state index contributed by atoms with van der Waals surface area (Å²) in [5, 5.41) is 0.246. The van der Waals surface area contributed by atoms with Gasteiger partial charge in [0.15, 0.2) is 0 Å². The number of amides is 2. The van der Waals surface area contributed by atoms with E-state index in [1.54, 1.807) is 0 Å². The van der Waals surface area contributed by atoms with Crippen LogP contribution in [0, 0.1) is 17.5 Å². The highest BCUT2D eigenvalue weighted by molar-refractivity contribution is 6.31. The number of piperazine rings is 1. The maximum atomic E-state index is 13.8. The van der Waals surface area contributed by atoms with E-state index in [1.165, 1.54) is 21.9 Å². The molecule has 4 nitrogen and oxygen atoms in total. The summed E-state index contributed by atoms with van der Waals surface area (Å²) in [5.74, 6) is -3.48. The Morgan fingerprint density at radius 1 is 0.769 bits per heavy atom. The predicted molar refractivity (Wildman–Crippen MR) is 89.6 cm³/mol. The predicted octanol–water partition coefficient (Wildman–Crippen LogP) is 3.36. The minimum absolute atomic E-state index is 0.137. The second-order valence-electron chi connectivity index (χ2n) is 5.83. The van der Waals surface area contributed by atoms with E-state index in [2.05, 4.69) is 0 Å². The molecule has 0 bridgehead atoms. The molecule has 0 aliphatic carbocycles. The zero-order valence-corrected chi connectivity index (χ0v) is 14.3. The molecule has 0 unspecified atom stereocenters. The Morgan fingerprint density at radius 3 is 1.92 bits per heavy atom. The van der Waals surface area contributed by atoms with E-state index < -0.39 is 29.3 Å². The minimum atomic E-state index is -0.936. The summed E-state index contributed by atoms with van der Waals surface area (Å²) in [4.78, 5) is 27.6. The molecule has 136 valence electrons. The molecule has 0 atom stereocenters. The molecule has 0 radical (unpaired) electrons. The topological polar surface area (TPSA) is 40.6 Å². The molecular weight excluding hydrogens is 369 g/mol. The first kappa shape index (κ1) is 18.3. The highest BCUT2D eigenvalue weighted by Crippen LogP contribution is 2.19. The number of halogens is 4. The fourth-order valence-corrected chi connectivity index (χ4v) is 2.95. The smallest absolute Gasteiger partial charge is 0.257 e. The number of carbonyl (C=O) groups excluding carboxylic acids is 2. The average Bonchev–Trinajstić information content (AvgIpc) is 2.63. The first-order valence-corrected chi connectivity index (χ1v) is 8.23. The molecule has 2 aromatic rings. The van der Waals surface area contributed by atoms with E-state index in [-0.39, 0.29) is 42.3 Å². The normalized spacial score (nSPS) is 14.5. The van der Waals surface area contributed by atoms with Crippen LogP contribution in [0.1, 0.15) is 20.7 Å². The Balaban J connectivity index is 1.68. The van der Waals surface area contributed by atoms with Crippen LogP contribution >= 0.6 is 11.6 Å². The van der Waals surface area contributed by atoms with Gasteiger partial charge in [-0.25, -0.2) is 13.2 Å². The van der Waals surface area contributed by atoms with E-state index in [0.29, 0.717) is 6.07 Å². The van der Waals surface area contributed by atoms with Crippen molar-refractivity contribution in [3.8, 4) is 0 Å². The quantitative estimate of drug-likeness (QED) is 0.799. The molecule has 1 heterocycles. The Kier molecular flexibility index (Phi) is 5.18. The van der Waals surface area contributed by atoms with Crippen molar-refractivity contribution in [2.75, 3.05) is 26.2 Å². The molecule has 0 N–H and O–H groups in total. The third-order valence-electron chi connectivity index (χ3n) is 4.17. The number of hydrogen-bond acceptors (Lipinski definition) is 2. The number of rotatable bonds is 2. The molecule has 1 aliphatic rings. The van der Waals surface area contributed by atoms with Gasteiger partial charge in [-0.3, -0.25) is 9.59 Å². The van der Waals surface area contributed by atoms with Crippen molar-refractivity contribution in [2.24, 2.45) is 0 Å². The lowest BCUT2D eigenvalue weighted by molar-refractivity contribution is 0.0530. The van der Waals surface area contributed by atoms with Crippen LogP contribution < -0.4 is 0 Å². The number of benzene rings is 2. The fourth-order valence-electron chi connectivity index (χ4n) is 2.78. The van der Waals surface area contributed by atoms with Gasteiger partial charge in [0, 0.05) is 37.3 Å². The van der Waals surface area contributed by atoms with Gasteiger partial charge in [-0.05, 0) is 30.3 Å². The summed E-state index contributed by atoms with van der Waals surface area (Å²) in [6.45, 7) is 0.645. The monoisotopic (exact) mass is 382 g/mol.